The minimum Gasteiger partial charge on any atom is -0.468 e. The summed E-state index contributed by atoms with van der Waals surface area (Å²) in [4.78, 5) is 15.4. The Morgan fingerprint density at radius 1 is 1.62 bits per heavy atom. The van der Waals surface area contributed by atoms with Gasteiger partial charge in [-0.1, -0.05) is 11.6 Å². The molecule has 1 aliphatic rings. The van der Waals surface area contributed by atoms with E-state index in [1.165, 1.54) is 19.4 Å². The Hall–Kier alpha value is -0.740. The van der Waals surface area contributed by atoms with Gasteiger partial charge in [-0.05, 0) is 22.0 Å². The van der Waals surface area contributed by atoms with Crippen molar-refractivity contribution in [2.24, 2.45) is 0 Å². The van der Waals surface area contributed by atoms with Crippen LogP contribution in [0, 0.1) is 0 Å². The van der Waals surface area contributed by atoms with Gasteiger partial charge in [0.1, 0.15) is 16.1 Å². The molecule has 0 aromatic carbocycles. The van der Waals surface area contributed by atoms with Crippen molar-refractivity contribution in [2.45, 2.75) is 10.9 Å². The van der Waals surface area contributed by atoms with Crippen LogP contribution in [0.15, 0.2) is 21.6 Å². The number of methoxy groups -OCH3 is 1. The number of pyridine rings is 1. The molecule has 0 saturated carbocycles. The van der Waals surface area contributed by atoms with E-state index in [0.29, 0.717) is 4.47 Å². The average Bonchev–Trinajstić information content (AvgIpc) is 2.48. The van der Waals surface area contributed by atoms with Crippen molar-refractivity contribution < 1.29 is 22.7 Å². The zero-order chi connectivity index (χ0) is 15.6. The van der Waals surface area contributed by atoms with E-state index in [1.54, 1.807) is 0 Å². The van der Waals surface area contributed by atoms with Crippen LogP contribution in [0.2, 0.25) is 5.15 Å². The summed E-state index contributed by atoms with van der Waals surface area (Å²) in [5, 5.41) is -0.159. The molecule has 116 valence electrons. The first-order valence-electron chi connectivity index (χ1n) is 5.86. The third-order valence-electron chi connectivity index (χ3n) is 2.91. The van der Waals surface area contributed by atoms with Gasteiger partial charge in [-0.15, -0.1) is 0 Å². The van der Waals surface area contributed by atoms with Gasteiger partial charge in [-0.25, -0.2) is 13.4 Å². The molecule has 0 spiro atoms. The van der Waals surface area contributed by atoms with E-state index in [9.17, 15) is 13.2 Å². The first-order chi connectivity index (χ1) is 9.87. The van der Waals surface area contributed by atoms with Crippen molar-refractivity contribution in [3.05, 3.63) is 21.9 Å². The van der Waals surface area contributed by atoms with Gasteiger partial charge in [0.15, 0.2) is 0 Å². The number of carbonyl (C=O) groups excluding carboxylic acids is 1. The maximum absolute atomic E-state index is 12.7. The molecule has 0 aliphatic carbocycles. The van der Waals surface area contributed by atoms with Crippen LogP contribution in [0.4, 0.5) is 0 Å². The Labute approximate surface area is 135 Å². The summed E-state index contributed by atoms with van der Waals surface area (Å²) in [5.74, 6) is -0.683. The van der Waals surface area contributed by atoms with Crippen molar-refractivity contribution in [1.29, 1.82) is 0 Å². The normalized spacial score (nSPS) is 20.2. The number of sulfonamides is 1. The van der Waals surface area contributed by atoms with Crippen LogP contribution in [-0.2, 0) is 24.3 Å². The minimum absolute atomic E-state index is 0.0327. The number of aromatic nitrogens is 1. The van der Waals surface area contributed by atoms with Crippen LogP contribution in [0.5, 0.6) is 0 Å². The fourth-order valence-corrected chi connectivity index (χ4v) is 4.38. The van der Waals surface area contributed by atoms with Gasteiger partial charge >= 0.3 is 5.97 Å². The molecule has 10 heteroatoms. The molecule has 2 heterocycles. The van der Waals surface area contributed by atoms with Gasteiger partial charge in [0.05, 0.1) is 20.3 Å². The summed E-state index contributed by atoms with van der Waals surface area (Å²) in [6, 6.07) is 0.304. The number of halogens is 2. The van der Waals surface area contributed by atoms with Crippen LogP contribution >= 0.6 is 27.5 Å². The maximum Gasteiger partial charge on any atom is 0.326 e. The molecule has 7 nitrogen and oxygen atoms in total. The topological polar surface area (TPSA) is 85.8 Å². The summed E-state index contributed by atoms with van der Waals surface area (Å²) >= 11 is 9.03. The van der Waals surface area contributed by atoms with Crippen molar-refractivity contribution in [2.75, 3.05) is 26.9 Å². The van der Waals surface area contributed by atoms with Crippen LogP contribution in [-0.4, -0.2) is 56.6 Å². The lowest BCUT2D eigenvalue weighted by Crippen LogP contribution is -2.52. The summed E-state index contributed by atoms with van der Waals surface area (Å²) in [7, 11) is -2.80. The highest BCUT2D eigenvalue weighted by molar-refractivity contribution is 9.10. The monoisotopic (exact) mass is 398 g/mol. The van der Waals surface area contributed by atoms with Crippen LogP contribution in [0.3, 0.4) is 0 Å². The molecule has 1 fully saturated rings. The predicted molar refractivity (Wildman–Crippen MR) is 77.5 cm³/mol. The van der Waals surface area contributed by atoms with E-state index in [4.69, 9.17) is 16.3 Å². The SMILES string of the molecule is COC(=O)C1COCCN1S(=O)(=O)c1cc(Br)cnc1Cl. The highest BCUT2D eigenvalue weighted by Gasteiger charge is 2.40. The Morgan fingerprint density at radius 2 is 2.33 bits per heavy atom. The number of rotatable bonds is 3. The molecule has 1 aromatic heterocycles. The largest absolute Gasteiger partial charge is 0.468 e. The molecule has 0 amide bonds. The lowest BCUT2D eigenvalue weighted by Gasteiger charge is -2.32. The number of hydrogen-bond donors (Lipinski definition) is 0. The van der Waals surface area contributed by atoms with E-state index in [0.717, 1.165) is 4.31 Å². The molecule has 1 aromatic rings. The first-order valence-corrected chi connectivity index (χ1v) is 8.47. The Kier molecular flexibility index (Phi) is 5.20. The molecule has 1 unspecified atom stereocenters. The van der Waals surface area contributed by atoms with Crippen molar-refractivity contribution in [3.8, 4) is 0 Å². The van der Waals surface area contributed by atoms with Crippen molar-refractivity contribution in [1.82, 2.24) is 9.29 Å². The van der Waals surface area contributed by atoms with E-state index in [1.807, 2.05) is 0 Å². The molecule has 0 radical (unpaired) electrons. The summed E-state index contributed by atoms with van der Waals surface area (Å²) < 4.78 is 36.7. The Bertz CT molecular complexity index is 654. The van der Waals surface area contributed by atoms with Crippen LogP contribution < -0.4 is 0 Å². The number of morpholine rings is 1. The van der Waals surface area contributed by atoms with Gasteiger partial charge in [0.25, 0.3) is 0 Å². The summed E-state index contributed by atoms with van der Waals surface area (Å²) in [6.07, 6.45) is 1.39. The van der Waals surface area contributed by atoms with E-state index in [2.05, 4.69) is 25.7 Å². The fourth-order valence-electron chi connectivity index (χ4n) is 1.91. The fraction of sp³-hybridized carbons (Fsp3) is 0.455. The lowest BCUT2D eigenvalue weighted by molar-refractivity contribution is -0.149. The zero-order valence-electron chi connectivity index (χ0n) is 11.0. The van der Waals surface area contributed by atoms with Gasteiger partial charge in [0, 0.05) is 17.2 Å². The zero-order valence-corrected chi connectivity index (χ0v) is 14.1. The second-order valence-corrected chi connectivity index (χ2v) is 7.30. The quantitative estimate of drug-likeness (QED) is 0.558. The summed E-state index contributed by atoms with van der Waals surface area (Å²) in [6.45, 7) is 0.154. The van der Waals surface area contributed by atoms with Crippen molar-refractivity contribution in [3.63, 3.8) is 0 Å². The number of nitrogens with zero attached hydrogens (tertiary/aromatic N) is 2. The smallest absolute Gasteiger partial charge is 0.326 e. The molecule has 1 aliphatic heterocycles. The lowest BCUT2D eigenvalue weighted by atomic mass is 10.3. The second-order valence-electron chi connectivity index (χ2n) is 4.17. The minimum atomic E-state index is -3.99. The van der Waals surface area contributed by atoms with Gasteiger partial charge in [0.2, 0.25) is 10.0 Å². The standard InChI is InChI=1S/C11H12BrClN2O5S/c1-19-11(16)8-6-20-3-2-15(8)21(17,18)9-4-7(12)5-14-10(9)13/h4-5,8H,2-3,6H2,1H3. The molecule has 1 saturated heterocycles. The van der Waals surface area contributed by atoms with Crippen LogP contribution in [0.1, 0.15) is 0 Å². The Morgan fingerprint density at radius 3 is 3.00 bits per heavy atom. The van der Waals surface area contributed by atoms with Crippen LogP contribution in [0.25, 0.3) is 0 Å². The van der Waals surface area contributed by atoms with Gasteiger partial charge in [-0.2, -0.15) is 4.31 Å². The second kappa shape index (κ2) is 6.57. The van der Waals surface area contributed by atoms with E-state index >= 15 is 0 Å². The molecule has 21 heavy (non-hydrogen) atoms. The molecule has 1 atom stereocenters. The average molecular weight is 400 g/mol. The number of carbonyl (C=O) groups is 1. The van der Waals surface area contributed by atoms with Crippen molar-refractivity contribution >= 4 is 43.5 Å². The molecular formula is C11H12BrClN2O5S. The highest BCUT2D eigenvalue weighted by atomic mass is 79.9. The van der Waals surface area contributed by atoms with Gasteiger partial charge < -0.3 is 9.47 Å². The number of esters is 1. The third kappa shape index (κ3) is 3.37. The molecule has 2 rings (SSSR count). The Balaban J connectivity index is 2.45. The first kappa shape index (κ1) is 16.6. The highest BCUT2D eigenvalue weighted by Crippen LogP contribution is 2.28. The van der Waals surface area contributed by atoms with E-state index < -0.39 is 22.0 Å². The molecule has 0 bridgehead atoms. The predicted octanol–water partition coefficient (Wildman–Crippen LogP) is 1.06. The summed E-state index contributed by atoms with van der Waals surface area (Å²) in [5.41, 5.74) is 0. The van der Waals surface area contributed by atoms with E-state index in [-0.39, 0.29) is 29.8 Å². The number of hydrogen-bond acceptors (Lipinski definition) is 6. The molecular weight excluding hydrogens is 388 g/mol. The van der Waals surface area contributed by atoms with Gasteiger partial charge in [-0.3, -0.25) is 4.79 Å². The maximum atomic E-state index is 12.7. The third-order valence-corrected chi connectivity index (χ3v) is 5.68. The molecule has 0 N–H and O–H groups in total. The number of ether oxygens (including phenoxy) is 2.